The molecule has 2 N–H and O–H groups in total. The van der Waals surface area contributed by atoms with Gasteiger partial charge in [0.1, 0.15) is 5.82 Å². The van der Waals surface area contributed by atoms with Crippen molar-refractivity contribution in [1.82, 2.24) is 24.6 Å². The standard InChI is InChI=1S/C28H35F3N6O/c1-18(2)36-12-10-22(11-13-36)37-17-20(15-34-37)14-26-33-16-24(28(29,30)31)25(35-26)9-8-21-6-4-5-7-23(21)19(3)27(32)38/h4-7,15-19,22H,8-14H2,1-3H3,(H2,32,38). The van der Waals surface area contributed by atoms with Gasteiger partial charge in [-0.2, -0.15) is 18.3 Å². The Morgan fingerprint density at radius 2 is 1.82 bits per heavy atom. The van der Waals surface area contributed by atoms with Gasteiger partial charge in [0.2, 0.25) is 5.91 Å². The Morgan fingerprint density at radius 1 is 1.11 bits per heavy atom. The van der Waals surface area contributed by atoms with Gasteiger partial charge in [-0.25, -0.2) is 9.97 Å². The van der Waals surface area contributed by atoms with Crippen LogP contribution in [0.3, 0.4) is 0 Å². The zero-order valence-electron chi connectivity index (χ0n) is 22.1. The minimum atomic E-state index is -4.57. The largest absolute Gasteiger partial charge is 0.419 e. The third-order valence-corrected chi connectivity index (χ3v) is 7.42. The topological polar surface area (TPSA) is 89.9 Å². The third kappa shape index (κ3) is 6.59. The lowest BCUT2D eigenvalue weighted by Crippen LogP contribution is -2.39. The molecular formula is C28H35F3N6O. The lowest BCUT2D eigenvalue weighted by molar-refractivity contribution is -0.138. The van der Waals surface area contributed by atoms with Gasteiger partial charge >= 0.3 is 6.18 Å². The molecule has 4 rings (SSSR count). The fourth-order valence-corrected chi connectivity index (χ4v) is 5.08. The predicted octanol–water partition coefficient (Wildman–Crippen LogP) is 4.70. The minimum Gasteiger partial charge on any atom is -0.369 e. The summed E-state index contributed by atoms with van der Waals surface area (Å²) in [5.74, 6) is -0.701. The van der Waals surface area contributed by atoms with E-state index >= 15 is 0 Å². The van der Waals surface area contributed by atoms with Crippen molar-refractivity contribution in [2.24, 2.45) is 5.73 Å². The number of aryl methyl sites for hydroxylation is 2. The summed E-state index contributed by atoms with van der Waals surface area (Å²) in [4.78, 5) is 22.6. The monoisotopic (exact) mass is 528 g/mol. The maximum atomic E-state index is 13.8. The van der Waals surface area contributed by atoms with Crippen molar-refractivity contribution in [2.45, 2.75) is 77.1 Å². The molecule has 2 aromatic heterocycles. The molecule has 1 unspecified atom stereocenters. The van der Waals surface area contributed by atoms with Gasteiger partial charge in [-0.15, -0.1) is 0 Å². The molecule has 1 fully saturated rings. The second kappa shape index (κ2) is 11.6. The average molecular weight is 529 g/mol. The van der Waals surface area contributed by atoms with Gasteiger partial charge in [-0.1, -0.05) is 24.3 Å². The van der Waals surface area contributed by atoms with Crippen LogP contribution >= 0.6 is 0 Å². The van der Waals surface area contributed by atoms with Crippen LogP contribution in [0.5, 0.6) is 0 Å². The van der Waals surface area contributed by atoms with Crippen molar-refractivity contribution in [1.29, 1.82) is 0 Å². The van der Waals surface area contributed by atoms with Crippen molar-refractivity contribution < 1.29 is 18.0 Å². The van der Waals surface area contributed by atoms with Crippen molar-refractivity contribution >= 4 is 5.91 Å². The number of nitrogens with zero attached hydrogens (tertiary/aromatic N) is 5. The van der Waals surface area contributed by atoms with E-state index in [1.54, 1.807) is 31.3 Å². The first-order valence-electron chi connectivity index (χ1n) is 13.1. The minimum absolute atomic E-state index is 0.0561. The van der Waals surface area contributed by atoms with Gasteiger partial charge < -0.3 is 10.6 Å². The molecule has 0 aliphatic carbocycles. The van der Waals surface area contributed by atoms with Crippen LogP contribution in [-0.2, 0) is 30.2 Å². The molecule has 3 aromatic rings. The summed E-state index contributed by atoms with van der Waals surface area (Å²) in [6.07, 6.45) is 2.68. The van der Waals surface area contributed by atoms with E-state index in [0.717, 1.165) is 48.8 Å². The maximum Gasteiger partial charge on any atom is 0.419 e. The summed E-state index contributed by atoms with van der Waals surface area (Å²) < 4.78 is 43.3. The van der Waals surface area contributed by atoms with Crippen LogP contribution in [0.1, 0.15) is 79.3 Å². The van der Waals surface area contributed by atoms with Crippen LogP contribution in [0.25, 0.3) is 0 Å². The molecule has 0 spiro atoms. The highest BCUT2D eigenvalue weighted by atomic mass is 19.4. The number of benzene rings is 1. The van der Waals surface area contributed by atoms with Gasteiger partial charge in [0, 0.05) is 37.9 Å². The average Bonchev–Trinajstić information content (AvgIpc) is 3.35. The fraction of sp³-hybridized carbons (Fsp3) is 0.500. The smallest absolute Gasteiger partial charge is 0.369 e. The molecule has 38 heavy (non-hydrogen) atoms. The Balaban J connectivity index is 1.50. The van der Waals surface area contributed by atoms with Crippen LogP contribution in [0.4, 0.5) is 13.2 Å². The van der Waals surface area contributed by atoms with Gasteiger partial charge in [-0.3, -0.25) is 9.48 Å². The van der Waals surface area contributed by atoms with E-state index in [-0.39, 0.29) is 12.1 Å². The molecule has 0 bridgehead atoms. The highest BCUT2D eigenvalue weighted by Gasteiger charge is 2.35. The zero-order chi connectivity index (χ0) is 27.4. The lowest BCUT2D eigenvalue weighted by atomic mass is 9.92. The summed E-state index contributed by atoms with van der Waals surface area (Å²) in [5.41, 5.74) is 6.93. The highest BCUT2D eigenvalue weighted by Crippen LogP contribution is 2.32. The second-order valence-electron chi connectivity index (χ2n) is 10.3. The Labute approximate surface area is 221 Å². The fourth-order valence-electron chi connectivity index (χ4n) is 5.08. The summed E-state index contributed by atoms with van der Waals surface area (Å²) >= 11 is 0. The number of amides is 1. The molecule has 1 aliphatic rings. The zero-order valence-corrected chi connectivity index (χ0v) is 22.1. The number of rotatable bonds is 9. The van der Waals surface area contributed by atoms with E-state index < -0.39 is 23.6 Å². The number of halogens is 3. The van der Waals surface area contributed by atoms with E-state index in [9.17, 15) is 18.0 Å². The number of likely N-dealkylation sites (tertiary alicyclic amines) is 1. The molecule has 0 radical (unpaired) electrons. The summed E-state index contributed by atoms with van der Waals surface area (Å²) in [7, 11) is 0. The van der Waals surface area contributed by atoms with Gasteiger partial charge in [0.25, 0.3) is 0 Å². The van der Waals surface area contributed by atoms with Crippen LogP contribution in [0.15, 0.2) is 42.9 Å². The predicted molar refractivity (Wildman–Crippen MR) is 139 cm³/mol. The van der Waals surface area contributed by atoms with E-state index in [1.807, 2.05) is 16.9 Å². The molecule has 10 heteroatoms. The van der Waals surface area contributed by atoms with Crippen LogP contribution < -0.4 is 5.73 Å². The molecule has 1 aliphatic heterocycles. The molecule has 1 aromatic carbocycles. The SMILES string of the molecule is CC(C(N)=O)c1ccccc1CCc1nc(Cc2cnn(C3CCN(C(C)C)CC3)c2)ncc1C(F)(F)F. The number of alkyl halides is 3. The van der Waals surface area contributed by atoms with Gasteiger partial charge in [0.05, 0.1) is 29.4 Å². The lowest BCUT2D eigenvalue weighted by Gasteiger charge is -2.34. The first-order valence-corrected chi connectivity index (χ1v) is 13.1. The number of carbonyl (C=O) groups excluding carboxylic acids is 1. The first-order chi connectivity index (χ1) is 18.0. The van der Waals surface area contributed by atoms with Crippen molar-refractivity contribution in [3.05, 3.63) is 76.6 Å². The molecule has 1 saturated heterocycles. The maximum absolute atomic E-state index is 13.8. The summed E-state index contributed by atoms with van der Waals surface area (Å²) in [6, 6.07) is 8.01. The quantitative estimate of drug-likeness (QED) is 0.435. The van der Waals surface area contributed by atoms with Crippen LogP contribution in [0.2, 0.25) is 0 Å². The Bertz CT molecular complexity index is 1250. The molecule has 0 saturated carbocycles. The number of carbonyl (C=O) groups is 1. The molecule has 1 amide bonds. The van der Waals surface area contributed by atoms with Crippen molar-refractivity contribution in [3.63, 3.8) is 0 Å². The molecule has 3 heterocycles. The normalized spacial score (nSPS) is 16.2. The van der Waals surface area contributed by atoms with Crippen LogP contribution in [-0.4, -0.2) is 49.7 Å². The van der Waals surface area contributed by atoms with Gasteiger partial charge in [0.15, 0.2) is 0 Å². The van der Waals surface area contributed by atoms with E-state index in [2.05, 4.69) is 33.8 Å². The number of aromatic nitrogens is 4. The second-order valence-corrected chi connectivity index (χ2v) is 10.3. The molecule has 7 nitrogen and oxygen atoms in total. The molecular weight excluding hydrogens is 493 g/mol. The molecule has 1 atom stereocenters. The highest BCUT2D eigenvalue weighted by molar-refractivity contribution is 5.81. The number of piperidine rings is 1. The summed E-state index contributed by atoms with van der Waals surface area (Å²) in [6.45, 7) is 8.13. The number of primary amides is 1. The van der Waals surface area contributed by atoms with E-state index in [1.165, 1.54) is 0 Å². The Kier molecular flexibility index (Phi) is 8.50. The van der Waals surface area contributed by atoms with Crippen molar-refractivity contribution in [2.75, 3.05) is 13.1 Å². The number of hydrogen-bond acceptors (Lipinski definition) is 5. The summed E-state index contributed by atoms with van der Waals surface area (Å²) in [5, 5.41) is 4.53. The third-order valence-electron chi connectivity index (χ3n) is 7.42. The van der Waals surface area contributed by atoms with E-state index in [0.29, 0.717) is 30.7 Å². The Morgan fingerprint density at radius 3 is 2.47 bits per heavy atom. The number of nitrogens with two attached hydrogens (primary N) is 1. The van der Waals surface area contributed by atoms with Crippen molar-refractivity contribution in [3.8, 4) is 0 Å². The number of hydrogen-bond donors (Lipinski definition) is 1. The van der Waals surface area contributed by atoms with Crippen LogP contribution in [0, 0.1) is 0 Å². The Hall–Kier alpha value is -3.27. The van der Waals surface area contributed by atoms with Gasteiger partial charge in [-0.05, 0) is 63.1 Å². The first kappa shape index (κ1) is 27.8. The van der Waals surface area contributed by atoms with E-state index in [4.69, 9.17) is 5.73 Å². The molecule has 204 valence electrons.